The Balaban J connectivity index is 1.67. The molecular formula is C13H18O3. The van der Waals surface area contributed by atoms with Crippen LogP contribution in [0.5, 0.6) is 0 Å². The van der Waals surface area contributed by atoms with Crippen LogP contribution in [0.25, 0.3) is 0 Å². The Labute approximate surface area is 95.7 Å². The molecule has 3 aliphatic rings. The molecule has 0 aromatic heterocycles. The molecule has 3 atom stereocenters. The van der Waals surface area contributed by atoms with Crippen molar-refractivity contribution in [2.75, 3.05) is 19.8 Å². The second-order valence-electron chi connectivity index (χ2n) is 5.11. The lowest BCUT2D eigenvalue weighted by Crippen LogP contribution is -2.23. The summed E-state index contributed by atoms with van der Waals surface area (Å²) in [6.07, 6.45) is 9.29. The summed E-state index contributed by atoms with van der Waals surface area (Å²) < 4.78 is 11.6. The smallest absolute Gasteiger partial charge is 0.180 e. The zero-order chi connectivity index (χ0) is 11.0. The van der Waals surface area contributed by atoms with Crippen LogP contribution in [0.3, 0.4) is 0 Å². The van der Waals surface area contributed by atoms with Crippen molar-refractivity contribution in [1.29, 1.82) is 0 Å². The van der Waals surface area contributed by atoms with Gasteiger partial charge in [-0.15, -0.1) is 0 Å². The van der Waals surface area contributed by atoms with Crippen LogP contribution < -0.4 is 0 Å². The van der Waals surface area contributed by atoms with E-state index in [1.807, 2.05) is 0 Å². The Morgan fingerprint density at radius 2 is 2.38 bits per heavy atom. The minimum absolute atomic E-state index is 0.0137. The van der Waals surface area contributed by atoms with Gasteiger partial charge in [0.1, 0.15) is 0 Å². The summed E-state index contributed by atoms with van der Waals surface area (Å²) in [5, 5.41) is 9.35. The van der Waals surface area contributed by atoms with E-state index in [2.05, 4.69) is 18.2 Å². The van der Waals surface area contributed by atoms with Gasteiger partial charge in [-0.25, -0.2) is 0 Å². The van der Waals surface area contributed by atoms with E-state index >= 15 is 0 Å². The normalized spacial score (nSPS) is 42.2. The molecule has 2 aliphatic carbocycles. The summed E-state index contributed by atoms with van der Waals surface area (Å²) in [5.41, 5.74) is 1.25. The molecule has 0 spiro atoms. The fourth-order valence-electron chi connectivity index (χ4n) is 2.61. The van der Waals surface area contributed by atoms with Crippen molar-refractivity contribution in [3.63, 3.8) is 0 Å². The highest BCUT2D eigenvalue weighted by atomic mass is 16.7. The van der Waals surface area contributed by atoms with Crippen LogP contribution in [-0.2, 0) is 9.47 Å². The molecule has 0 bridgehead atoms. The summed E-state index contributed by atoms with van der Waals surface area (Å²) in [5.74, 6) is 0.502. The topological polar surface area (TPSA) is 38.7 Å². The molecule has 3 heteroatoms. The van der Waals surface area contributed by atoms with Crippen molar-refractivity contribution >= 4 is 0 Å². The lowest BCUT2D eigenvalue weighted by molar-refractivity contribution is -0.116. The van der Waals surface area contributed by atoms with E-state index in [9.17, 15) is 5.11 Å². The number of fused-ring (bicyclic) bond motifs is 1. The van der Waals surface area contributed by atoms with Gasteiger partial charge in [-0.2, -0.15) is 0 Å². The van der Waals surface area contributed by atoms with Crippen LogP contribution in [0.15, 0.2) is 23.8 Å². The van der Waals surface area contributed by atoms with E-state index in [0.717, 1.165) is 25.9 Å². The van der Waals surface area contributed by atoms with Crippen molar-refractivity contribution in [3.05, 3.63) is 23.8 Å². The number of hydrogen-bond donors (Lipinski definition) is 1. The number of hydrogen-bond acceptors (Lipinski definition) is 3. The van der Waals surface area contributed by atoms with E-state index in [1.54, 1.807) is 0 Å². The van der Waals surface area contributed by atoms with Crippen LogP contribution in [0.2, 0.25) is 0 Å². The highest BCUT2D eigenvalue weighted by Crippen LogP contribution is 2.54. The maximum atomic E-state index is 9.35. The fourth-order valence-corrected chi connectivity index (χ4v) is 2.61. The summed E-state index contributed by atoms with van der Waals surface area (Å²) in [6.45, 7) is 1.60. The Bertz CT molecular complexity index is 334. The molecule has 3 rings (SSSR count). The minimum Gasteiger partial charge on any atom is -0.396 e. The van der Waals surface area contributed by atoms with Crippen LogP contribution in [-0.4, -0.2) is 31.2 Å². The van der Waals surface area contributed by atoms with E-state index in [-0.39, 0.29) is 18.3 Å². The van der Waals surface area contributed by atoms with Crippen LogP contribution >= 0.6 is 0 Å². The van der Waals surface area contributed by atoms with Gasteiger partial charge in [-0.1, -0.05) is 18.2 Å². The number of aliphatic hydroxyl groups is 1. The molecule has 1 saturated heterocycles. The first-order valence-corrected chi connectivity index (χ1v) is 6.04. The Morgan fingerprint density at radius 1 is 1.44 bits per heavy atom. The number of aliphatic hydroxyl groups excluding tert-OH is 1. The zero-order valence-corrected chi connectivity index (χ0v) is 9.39. The van der Waals surface area contributed by atoms with E-state index in [4.69, 9.17) is 9.47 Å². The van der Waals surface area contributed by atoms with Crippen molar-refractivity contribution in [3.8, 4) is 0 Å². The molecule has 1 unspecified atom stereocenters. The highest BCUT2D eigenvalue weighted by Gasteiger charge is 2.56. The predicted octanol–water partition coefficient (Wildman–Crippen LogP) is 1.63. The van der Waals surface area contributed by atoms with Gasteiger partial charge in [0.2, 0.25) is 0 Å². The summed E-state index contributed by atoms with van der Waals surface area (Å²) >= 11 is 0. The average molecular weight is 222 g/mol. The molecule has 0 aromatic rings. The number of allylic oxidation sites excluding steroid dienone is 3. The standard InChI is InChI=1S/C13H18O3/c14-8-13-6-11(13)7-15-12(16-9-13)10-4-2-1-3-5-10/h1-2,4,11-12,14H,3,5-9H2/t11-,12?,13-/m0/s1. The molecule has 1 N–H and O–H groups in total. The van der Waals surface area contributed by atoms with Gasteiger partial charge < -0.3 is 14.6 Å². The second-order valence-corrected chi connectivity index (χ2v) is 5.11. The molecule has 2 fully saturated rings. The fraction of sp³-hybridized carbons (Fsp3) is 0.692. The molecule has 3 nitrogen and oxygen atoms in total. The minimum atomic E-state index is -0.179. The van der Waals surface area contributed by atoms with Gasteiger partial charge in [-0.3, -0.25) is 0 Å². The Hall–Kier alpha value is -0.640. The van der Waals surface area contributed by atoms with Crippen molar-refractivity contribution in [1.82, 2.24) is 0 Å². The third-order valence-corrected chi connectivity index (χ3v) is 3.99. The van der Waals surface area contributed by atoms with Gasteiger partial charge >= 0.3 is 0 Å². The highest BCUT2D eigenvalue weighted by molar-refractivity contribution is 5.20. The molecule has 1 aliphatic heterocycles. The molecule has 0 radical (unpaired) electrons. The lowest BCUT2D eigenvalue weighted by Gasteiger charge is -2.21. The maximum absolute atomic E-state index is 9.35. The number of rotatable bonds is 2. The predicted molar refractivity (Wildman–Crippen MR) is 59.8 cm³/mol. The van der Waals surface area contributed by atoms with Crippen molar-refractivity contribution in [2.24, 2.45) is 11.3 Å². The summed E-state index contributed by atoms with van der Waals surface area (Å²) in [4.78, 5) is 0. The van der Waals surface area contributed by atoms with Gasteiger partial charge in [-0.05, 0) is 30.8 Å². The van der Waals surface area contributed by atoms with Crippen LogP contribution in [0.1, 0.15) is 19.3 Å². The maximum Gasteiger partial charge on any atom is 0.180 e. The van der Waals surface area contributed by atoms with Crippen molar-refractivity contribution < 1.29 is 14.6 Å². The summed E-state index contributed by atoms with van der Waals surface area (Å²) in [6, 6.07) is 0. The monoisotopic (exact) mass is 222 g/mol. The second kappa shape index (κ2) is 3.99. The third-order valence-electron chi connectivity index (χ3n) is 3.99. The quantitative estimate of drug-likeness (QED) is 0.772. The van der Waals surface area contributed by atoms with E-state index in [1.165, 1.54) is 5.57 Å². The molecular weight excluding hydrogens is 204 g/mol. The molecule has 1 heterocycles. The number of ether oxygens (including phenoxy) is 2. The zero-order valence-electron chi connectivity index (χ0n) is 9.39. The van der Waals surface area contributed by atoms with Crippen LogP contribution in [0, 0.1) is 11.3 Å². The largest absolute Gasteiger partial charge is 0.396 e. The summed E-state index contributed by atoms with van der Waals surface area (Å²) in [7, 11) is 0. The molecule has 1 saturated carbocycles. The van der Waals surface area contributed by atoms with Crippen LogP contribution in [0.4, 0.5) is 0 Å². The first-order chi connectivity index (χ1) is 7.84. The van der Waals surface area contributed by atoms with Crippen molar-refractivity contribution in [2.45, 2.75) is 25.6 Å². The first kappa shape index (κ1) is 10.5. The van der Waals surface area contributed by atoms with Gasteiger partial charge in [0.05, 0.1) is 19.8 Å². The van der Waals surface area contributed by atoms with E-state index in [0.29, 0.717) is 12.5 Å². The Kier molecular flexibility index (Phi) is 2.62. The molecule has 16 heavy (non-hydrogen) atoms. The third kappa shape index (κ3) is 1.73. The van der Waals surface area contributed by atoms with Gasteiger partial charge in [0.15, 0.2) is 6.29 Å². The van der Waals surface area contributed by atoms with Gasteiger partial charge in [0, 0.05) is 5.41 Å². The Morgan fingerprint density at radius 3 is 3.12 bits per heavy atom. The van der Waals surface area contributed by atoms with E-state index < -0.39 is 0 Å². The lowest BCUT2D eigenvalue weighted by atomic mass is 10.0. The molecule has 0 amide bonds. The average Bonchev–Trinajstić information content (AvgIpc) is 3.04. The van der Waals surface area contributed by atoms with Gasteiger partial charge in [0.25, 0.3) is 0 Å². The SMILES string of the molecule is OC[C@@]12COC(C3=CC=CCC3)OC[C@@H]1C2. The molecule has 88 valence electrons. The first-order valence-electron chi connectivity index (χ1n) is 6.04. The molecule has 0 aromatic carbocycles.